The third-order valence-corrected chi connectivity index (χ3v) is 4.01. The summed E-state index contributed by atoms with van der Waals surface area (Å²) in [6.45, 7) is 2.68. The van der Waals surface area contributed by atoms with Crippen LogP contribution in [-0.2, 0) is 14.3 Å². The lowest BCUT2D eigenvalue weighted by molar-refractivity contribution is -0.123. The van der Waals surface area contributed by atoms with E-state index in [2.05, 4.69) is 5.32 Å². The first-order valence-corrected chi connectivity index (χ1v) is 10.3. The van der Waals surface area contributed by atoms with Gasteiger partial charge >= 0.3 is 12.0 Å². The topological polar surface area (TPSA) is 121 Å². The Labute approximate surface area is 192 Å². The Bertz CT molecular complexity index is 905. The number of nitrogens with one attached hydrogen (secondary N) is 2. The van der Waals surface area contributed by atoms with Gasteiger partial charge in [-0.3, -0.25) is 10.1 Å². The van der Waals surface area contributed by atoms with Crippen molar-refractivity contribution in [1.29, 1.82) is 0 Å². The summed E-state index contributed by atoms with van der Waals surface area (Å²) in [4.78, 5) is 35.6. The molecule has 0 aliphatic heterocycles. The zero-order valence-corrected chi connectivity index (χ0v) is 18.6. The molecule has 0 saturated carbocycles. The average molecular weight is 460 g/mol. The van der Waals surface area contributed by atoms with Crippen LogP contribution in [0.5, 0.6) is 17.2 Å². The summed E-state index contributed by atoms with van der Waals surface area (Å²) < 4.78 is 26.6. The molecule has 33 heavy (non-hydrogen) atoms. The summed E-state index contributed by atoms with van der Waals surface area (Å²) in [6, 6.07) is 13.2. The number of methoxy groups -OCH3 is 1. The van der Waals surface area contributed by atoms with Gasteiger partial charge in [0.2, 0.25) is 0 Å². The van der Waals surface area contributed by atoms with E-state index in [0.29, 0.717) is 31.3 Å². The SMILES string of the molecule is CCOc1cc(C(=O)OCC(=O)NC(=O)NCCOC)ccc1OCCOc1ccccc1. The van der Waals surface area contributed by atoms with Crippen LogP contribution in [0.15, 0.2) is 48.5 Å². The molecule has 0 radical (unpaired) electrons. The van der Waals surface area contributed by atoms with Crippen molar-refractivity contribution in [3.8, 4) is 17.2 Å². The lowest BCUT2D eigenvalue weighted by Gasteiger charge is -2.14. The number of hydrogen-bond acceptors (Lipinski definition) is 8. The zero-order valence-electron chi connectivity index (χ0n) is 18.6. The number of ether oxygens (including phenoxy) is 5. The predicted octanol–water partition coefficient (Wildman–Crippen LogP) is 2.17. The van der Waals surface area contributed by atoms with Crippen LogP contribution in [0.4, 0.5) is 4.79 Å². The van der Waals surface area contributed by atoms with Crippen molar-refractivity contribution in [3.63, 3.8) is 0 Å². The molecule has 178 valence electrons. The van der Waals surface area contributed by atoms with Gasteiger partial charge in [0.15, 0.2) is 18.1 Å². The zero-order chi connectivity index (χ0) is 23.9. The Balaban J connectivity index is 1.84. The highest BCUT2D eigenvalue weighted by atomic mass is 16.5. The van der Waals surface area contributed by atoms with Gasteiger partial charge in [-0.25, -0.2) is 9.59 Å². The number of urea groups is 1. The highest BCUT2D eigenvalue weighted by Crippen LogP contribution is 2.29. The highest BCUT2D eigenvalue weighted by molar-refractivity contribution is 5.97. The molecule has 2 N–H and O–H groups in total. The molecule has 0 unspecified atom stereocenters. The van der Waals surface area contributed by atoms with Gasteiger partial charge in [0.1, 0.15) is 19.0 Å². The Morgan fingerprint density at radius 3 is 2.36 bits per heavy atom. The second-order valence-corrected chi connectivity index (χ2v) is 6.48. The first kappa shape index (κ1) is 25.5. The monoisotopic (exact) mass is 460 g/mol. The van der Waals surface area contributed by atoms with E-state index in [0.717, 1.165) is 5.75 Å². The van der Waals surface area contributed by atoms with Crippen LogP contribution in [0.25, 0.3) is 0 Å². The van der Waals surface area contributed by atoms with Gasteiger partial charge in [0.25, 0.3) is 5.91 Å². The molecular formula is C23H28N2O8. The molecule has 0 fully saturated rings. The molecule has 10 nitrogen and oxygen atoms in total. The van der Waals surface area contributed by atoms with Crippen LogP contribution in [0.3, 0.4) is 0 Å². The van der Waals surface area contributed by atoms with Crippen molar-refractivity contribution < 1.29 is 38.1 Å². The number of esters is 1. The van der Waals surface area contributed by atoms with Crippen LogP contribution in [0, 0.1) is 0 Å². The van der Waals surface area contributed by atoms with Crippen LogP contribution in [0.1, 0.15) is 17.3 Å². The van der Waals surface area contributed by atoms with E-state index in [1.165, 1.54) is 19.2 Å². The van der Waals surface area contributed by atoms with Crippen molar-refractivity contribution in [2.24, 2.45) is 0 Å². The van der Waals surface area contributed by atoms with Crippen LogP contribution >= 0.6 is 0 Å². The minimum absolute atomic E-state index is 0.170. The first-order valence-electron chi connectivity index (χ1n) is 10.3. The molecule has 2 rings (SSSR count). The second-order valence-electron chi connectivity index (χ2n) is 6.48. The molecule has 3 amide bonds. The Morgan fingerprint density at radius 2 is 1.64 bits per heavy atom. The van der Waals surface area contributed by atoms with E-state index in [1.54, 1.807) is 13.0 Å². The molecular weight excluding hydrogens is 432 g/mol. The molecule has 0 aromatic heterocycles. The van der Waals surface area contributed by atoms with E-state index in [1.807, 2.05) is 35.6 Å². The summed E-state index contributed by atoms with van der Waals surface area (Å²) >= 11 is 0. The maximum atomic E-state index is 12.3. The summed E-state index contributed by atoms with van der Waals surface area (Å²) in [7, 11) is 1.49. The van der Waals surface area contributed by atoms with Gasteiger partial charge in [-0.05, 0) is 37.3 Å². The standard InChI is InChI=1S/C23H28N2O8/c1-3-30-20-15-17(22(27)33-16-21(26)25-23(28)24-11-12-29-2)9-10-19(20)32-14-13-31-18-7-5-4-6-8-18/h4-10,15H,3,11-14,16H2,1-2H3,(H2,24,25,26,28). The molecule has 0 heterocycles. The maximum Gasteiger partial charge on any atom is 0.338 e. The van der Waals surface area contributed by atoms with E-state index in [9.17, 15) is 14.4 Å². The van der Waals surface area contributed by atoms with Crippen molar-refractivity contribution in [2.45, 2.75) is 6.92 Å². The van der Waals surface area contributed by atoms with Gasteiger partial charge in [-0.15, -0.1) is 0 Å². The maximum absolute atomic E-state index is 12.3. The number of benzene rings is 2. The molecule has 0 spiro atoms. The van der Waals surface area contributed by atoms with Gasteiger partial charge in [0, 0.05) is 13.7 Å². The third-order valence-electron chi connectivity index (χ3n) is 4.01. The van der Waals surface area contributed by atoms with Gasteiger partial charge in [-0.2, -0.15) is 0 Å². The Kier molecular flexibility index (Phi) is 11.0. The normalized spacial score (nSPS) is 10.1. The molecule has 0 atom stereocenters. The first-order chi connectivity index (χ1) is 16.0. The van der Waals surface area contributed by atoms with Crippen molar-refractivity contribution in [2.75, 3.05) is 46.7 Å². The molecule has 2 aromatic rings. The molecule has 0 saturated heterocycles. The lowest BCUT2D eigenvalue weighted by Crippen LogP contribution is -2.42. The number of carbonyl (C=O) groups is 3. The van der Waals surface area contributed by atoms with E-state index in [4.69, 9.17) is 23.7 Å². The smallest absolute Gasteiger partial charge is 0.338 e. The van der Waals surface area contributed by atoms with Crippen LogP contribution < -0.4 is 24.8 Å². The second kappa shape index (κ2) is 14.3. The molecule has 0 bridgehead atoms. The Morgan fingerprint density at radius 1 is 0.879 bits per heavy atom. The summed E-state index contributed by atoms with van der Waals surface area (Å²) in [5.41, 5.74) is 0.170. The average Bonchev–Trinajstić information content (AvgIpc) is 2.82. The fourth-order valence-corrected chi connectivity index (χ4v) is 2.54. The predicted molar refractivity (Wildman–Crippen MR) is 119 cm³/mol. The number of hydrogen-bond donors (Lipinski definition) is 2. The van der Waals surface area contributed by atoms with Crippen molar-refractivity contribution in [1.82, 2.24) is 10.6 Å². The minimum Gasteiger partial charge on any atom is -0.490 e. The summed E-state index contributed by atoms with van der Waals surface area (Å²) in [5, 5.41) is 4.46. The van der Waals surface area contributed by atoms with Gasteiger partial charge in [0.05, 0.1) is 18.8 Å². The van der Waals surface area contributed by atoms with Crippen LogP contribution in [-0.4, -0.2) is 64.6 Å². The lowest BCUT2D eigenvalue weighted by atomic mass is 10.2. The molecule has 0 aliphatic carbocycles. The summed E-state index contributed by atoms with van der Waals surface area (Å²) in [6.07, 6.45) is 0. The Hall–Kier alpha value is -3.79. The molecule has 2 aromatic carbocycles. The van der Waals surface area contributed by atoms with Crippen molar-refractivity contribution >= 4 is 17.9 Å². The number of amides is 3. The molecule has 10 heteroatoms. The summed E-state index contributed by atoms with van der Waals surface area (Å²) in [5.74, 6) is 0.0245. The number of imide groups is 1. The van der Waals surface area contributed by atoms with Gasteiger partial charge in [-0.1, -0.05) is 18.2 Å². The number of carbonyl (C=O) groups excluding carboxylic acids is 3. The third kappa shape index (κ3) is 9.48. The highest BCUT2D eigenvalue weighted by Gasteiger charge is 2.15. The van der Waals surface area contributed by atoms with Crippen LogP contribution in [0.2, 0.25) is 0 Å². The number of para-hydroxylation sites is 1. The van der Waals surface area contributed by atoms with Crippen molar-refractivity contribution in [3.05, 3.63) is 54.1 Å². The largest absolute Gasteiger partial charge is 0.490 e. The fourth-order valence-electron chi connectivity index (χ4n) is 2.54. The minimum atomic E-state index is -0.762. The van der Waals surface area contributed by atoms with E-state index in [-0.39, 0.29) is 18.7 Å². The van der Waals surface area contributed by atoms with Gasteiger partial charge < -0.3 is 29.0 Å². The number of rotatable bonds is 13. The quantitative estimate of drug-likeness (QED) is 0.345. The fraction of sp³-hybridized carbons (Fsp3) is 0.348. The van der Waals surface area contributed by atoms with E-state index < -0.39 is 24.5 Å². The molecule has 0 aliphatic rings. The van der Waals surface area contributed by atoms with E-state index >= 15 is 0 Å².